The zero-order valence-corrected chi connectivity index (χ0v) is 8.43. The Morgan fingerprint density at radius 3 is 2.93 bits per heavy atom. The van der Waals surface area contributed by atoms with Crippen LogP contribution in [-0.4, -0.2) is 26.3 Å². The number of nitrogens with zero attached hydrogens (tertiary/aromatic N) is 4. The molecule has 0 aliphatic carbocycles. The van der Waals surface area contributed by atoms with Crippen molar-refractivity contribution in [2.75, 3.05) is 12.3 Å². The summed E-state index contributed by atoms with van der Waals surface area (Å²) in [5.74, 6) is 0.477. The Bertz CT molecular complexity index is 449. The summed E-state index contributed by atoms with van der Waals surface area (Å²) in [7, 11) is 0. The summed E-state index contributed by atoms with van der Waals surface area (Å²) in [4.78, 5) is 8.07. The van der Waals surface area contributed by atoms with E-state index in [2.05, 4.69) is 15.1 Å². The van der Waals surface area contributed by atoms with Crippen molar-refractivity contribution in [2.45, 2.75) is 19.4 Å². The first-order chi connectivity index (χ1) is 7.33. The molecule has 0 aliphatic rings. The standard InChI is InChI=1S/C9H14N6/c10-3-1-2-4-15-9-7(5-14-15)8(11)12-6-13-9/h5-6H,1-4,10H2,(H2,11,12,13). The molecule has 2 heterocycles. The lowest BCUT2D eigenvalue weighted by atomic mass is 10.3. The fourth-order valence-electron chi connectivity index (χ4n) is 1.48. The molecule has 0 atom stereocenters. The SMILES string of the molecule is NCCCCn1ncc2c(N)ncnc21. The topological polar surface area (TPSA) is 95.6 Å². The Hall–Kier alpha value is -1.69. The molecule has 0 saturated heterocycles. The number of aryl methyl sites for hydroxylation is 1. The maximum atomic E-state index is 5.70. The minimum Gasteiger partial charge on any atom is -0.383 e. The van der Waals surface area contributed by atoms with Gasteiger partial charge in [-0.1, -0.05) is 0 Å². The van der Waals surface area contributed by atoms with Crippen LogP contribution in [-0.2, 0) is 6.54 Å². The van der Waals surface area contributed by atoms with Crippen LogP contribution >= 0.6 is 0 Å². The summed E-state index contributed by atoms with van der Waals surface area (Å²) in [6, 6.07) is 0. The van der Waals surface area contributed by atoms with Gasteiger partial charge in [0.25, 0.3) is 0 Å². The van der Waals surface area contributed by atoms with Crippen molar-refractivity contribution in [1.82, 2.24) is 19.7 Å². The molecule has 4 N–H and O–H groups in total. The van der Waals surface area contributed by atoms with Gasteiger partial charge in [0, 0.05) is 6.54 Å². The smallest absolute Gasteiger partial charge is 0.163 e. The summed E-state index contributed by atoms with van der Waals surface area (Å²) in [5.41, 5.74) is 11.9. The summed E-state index contributed by atoms with van der Waals surface area (Å²) in [5, 5.41) is 5.03. The van der Waals surface area contributed by atoms with E-state index in [0.29, 0.717) is 12.4 Å². The van der Waals surface area contributed by atoms with Gasteiger partial charge in [-0.3, -0.25) is 0 Å². The molecule has 15 heavy (non-hydrogen) atoms. The van der Waals surface area contributed by atoms with Crippen LogP contribution in [0.15, 0.2) is 12.5 Å². The van der Waals surface area contributed by atoms with E-state index in [9.17, 15) is 0 Å². The van der Waals surface area contributed by atoms with Gasteiger partial charge < -0.3 is 11.5 Å². The normalized spacial score (nSPS) is 11.0. The zero-order chi connectivity index (χ0) is 10.7. The minimum atomic E-state index is 0.477. The Kier molecular flexibility index (Phi) is 2.77. The molecule has 2 aromatic rings. The van der Waals surface area contributed by atoms with E-state index in [4.69, 9.17) is 11.5 Å². The second-order valence-electron chi connectivity index (χ2n) is 3.36. The monoisotopic (exact) mass is 206 g/mol. The average Bonchev–Trinajstić information content (AvgIpc) is 2.64. The number of anilines is 1. The number of nitrogens with two attached hydrogens (primary N) is 2. The van der Waals surface area contributed by atoms with Gasteiger partial charge in [-0.25, -0.2) is 14.6 Å². The van der Waals surface area contributed by atoms with Crippen molar-refractivity contribution in [1.29, 1.82) is 0 Å². The van der Waals surface area contributed by atoms with Crippen molar-refractivity contribution in [3.05, 3.63) is 12.5 Å². The molecule has 0 amide bonds. The molecule has 0 radical (unpaired) electrons. The molecule has 6 nitrogen and oxygen atoms in total. The van der Waals surface area contributed by atoms with E-state index in [1.54, 1.807) is 6.20 Å². The average molecular weight is 206 g/mol. The van der Waals surface area contributed by atoms with Gasteiger partial charge in [-0.05, 0) is 19.4 Å². The van der Waals surface area contributed by atoms with Gasteiger partial charge in [0.2, 0.25) is 0 Å². The summed E-state index contributed by atoms with van der Waals surface area (Å²) >= 11 is 0. The molecule has 0 aliphatic heterocycles. The molecule has 0 aromatic carbocycles. The fourth-order valence-corrected chi connectivity index (χ4v) is 1.48. The highest BCUT2D eigenvalue weighted by Gasteiger charge is 2.06. The Labute approximate surface area is 87.3 Å². The summed E-state index contributed by atoms with van der Waals surface area (Å²) in [6.45, 7) is 1.52. The Morgan fingerprint density at radius 1 is 1.27 bits per heavy atom. The number of nitrogen functional groups attached to an aromatic ring is 1. The van der Waals surface area contributed by atoms with Gasteiger partial charge in [0.15, 0.2) is 5.65 Å². The van der Waals surface area contributed by atoms with Crippen LogP contribution in [0.3, 0.4) is 0 Å². The molecule has 2 aromatic heterocycles. The van der Waals surface area contributed by atoms with Crippen molar-refractivity contribution >= 4 is 16.9 Å². The molecule has 80 valence electrons. The lowest BCUT2D eigenvalue weighted by Crippen LogP contribution is -2.05. The molecule has 0 saturated carbocycles. The number of fused-ring (bicyclic) bond motifs is 1. The van der Waals surface area contributed by atoms with Gasteiger partial charge in [-0.2, -0.15) is 5.10 Å². The second-order valence-corrected chi connectivity index (χ2v) is 3.36. The number of hydrogen-bond donors (Lipinski definition) is 2. The van der Waals surface area contributed by atoms with Crippen LogP contribution in [0.25, 0.3) is 11.0 Å². The number of aromatic nitrogens is 4. The van der Waals surface area contributed by atoms with Crippen LogP contribution in [0.5, 0.6) is 0 Å². The molecule has 0 fully saturated rings. The largest absolute Gasteiger partial charge is 0.383 e. The third kappa shape index (κ3) is 1.89. The van der Waals surface area contributed by atoms with Crippen LogP contribution in [0.2, 0.25) is 0 Å². The molecule has 0 unspecified atom stereocenters. The van der Waals surface area contributed by atoms with E-state index in [0.717, 1.165) is 30.4 Å². The molecule has 0 spiro atoms. The highest BCUT2D eigenvalue weighted by Crippen LogP contribution is 2.15. The zero-order valence-electron chi connectivity index (χ0n) is 8.43. The third-order valence-electron chi connectivity index (χ3n) is 2.29. The molecular weight excluding hydrogens is 192 g/mol. The number of hydrogen-bond acceptors (Lipinski definition) is 5. The third-order valence-corrected chi connectivity index (χ3v) is 2.29. The number of rotatable bonds is 4. The highest BCUT2D eigenvalue weighted by molar-refractivity contribution is 5.84. The molecule has 6 heteroatoms. The molecule has 0 bridgehead atoms. The van der Waals surface area contributed by atoms with Gasteiger partial charge >= 0.3 is 0 Å². The quantitative estimate of drug-likeness (QED) is 0.694. The van der Waals surface area contributed by atoms with Crippen molar-refractivity contribution in [3.63, 3.8) is 0 Å². The fraction of sp³-hybridized carbons (Fsp3) is 0.444. The van der Waals surface area contributed by atoms with Crippen LogP contribution in [0.4, 0.5) is 5.82 Å². The van der Waals surface area contributed by atoms with Crippen LogP contribution in [0, 0.1) is 0 Å². The summed E-state index contributed by atoms with van der Waals surface area (Å²) in [6.07, 6.45) is 5.14. The van der Waals surface area contributed by atoms with Gasteiger partial charge in [0.05, 0.1) is 11.6 Å². The molecular formula is C9H14N6. The predicted molar refractivity (Wildman–Crippen MR) is 58.0 cm³/mol. The van der Waals surface area contributed by atoms with E-state index < -0.39 is 0 Å². The highest BCUT2D eigenvalue weighted by atomic mass is 15.3. The van der Waals surface area contributed by atoms with Gasteiger partial charge in [-0.15, -0.1) is 0 Å². The lowest BCUT2D eigenvalue weighted by molar-refractivity contribution is 0.573. The summed E-state index contributed by atoms with van der Waals surface area (Å²) < 4.78 is 1.84. The van der Waals surface area contributed by atoms with Crippen molar-refractivity contribution in [3.8, 4) is 0 Å². The first-order valence-corrected chi connectivity index (χ1v) is 4.95. The second kappa shape index (κ2) is 4.22. The Morgan fingerprint density at radius 2 is 2.13 bits per heavy atom. The first kappa shape index (κ1) is 9.85. The van der Waals surface area contributed by atoms with Crippen LogP contribution < -0.4 is 11.5 Å². The van der Waals surface area contributed by atoms with E-state index >= 15 is 0 Å². The Balaban J connectivity index is 2.25. The van der Waals surface area contributed by atoms with Gasteiger partial charge in [0.1, 0.15) is 12.1 Å². The van der Waals surface area contributed by atoms with Crippen molar-refractivity contribution in [2.24, 2.45) is 5.73 Å². The van der Waals surface area contributed by atoms with Crippen molar-refractivity contribution < 1.29 is 0 Å². The van der Waals surface area contributed by atoms with Crippen LogP contribution in [0.1, 0.15) is 12.8 Å². The lowest BCUT2D eigenvalue weighted by Gasteiger charge is -2.01. The van der Waals surface area contributed by atoms with E-state index in [1.807, 2.05) is 4.68 Å². The maximum Gasteiger partial charge on any atom is 0.163 e. The first-order valence-electron chi connectivity index (χ1n) is 4.95. The van der Waals surface area contributed by atoms with E-state index in [1.165, 1.54) is 6.33 Å². The number of unbranched alkanes of at least 4 members (excludes halogenated alkanes) is 1. The van der Waals surface area contributed by atoms with E-state index in [-0.39, 0.29) is 0 Å². The molecule has 2 rings (SSSR count). The predicted octanol–water partition coefficient (Wildman–Crippen LogP) is 0.147. The maximum absolute atomic E-state index is 5.70. The minimum absolute atomic E-state index is 0.477.